The largest absolute Gasteiger partial charge is 0.352 e. The van der Waals surface area contributed by atoms with Gasteiger partial charge in [0.1, 0.15) is 10.9 Å². The number of fused-ring (bicyclic) bond motifs is 1. The van der Waals surface area contributed by atoms with Gasteiger partial charge >= 0.3 is 0 Å². The Hall–Kier alpha value is -3.20. The molecule has 3 amide bonds. The van der Waals surface area contributed by atoms with Crippen LogP contribution in [0.4, 0.5) is 0 Å². The second-order valence-electron chi connectivity index (χ2n) is 10.3. The molecule has 1 fully saturated rings. The standard InChI is InChI=1S/C29H37N3O5S/c1-3-25(28(34)30-23-10-5-4-6-11-23)31(20-22-17-15-21(2)16-18-22)27(33)14-9-19-32-29(35)24-12-7-8-13-26(24)38(32,36)37/h7-8,12-13,15-18,23,25H,3-6,9-11,14,19-20H2,1-2H3,(H,30,34)/t25-/m0/s1. The summed E-state index contributed by atoms with van der Waals surface area (Å²) in [5.41, 5.74) is 2.18. The Labute approximate surface area is 225 Å². The van der Waals surface area contributed by atoms with Crippen molar-refractivity contribution in [1.29, 1.82) is 0 Å². The second kappa shape index (κ2) is 12.1. The zero-order chi connectivity index (χ0) is 27.3. The van der Waals surface area contributed by atoms with Crippen molar-refractivity contribution in [2.45, 2.75) is 88.7 Å². The van der Waals surface area contributed by atoms with Crippen molar-refractivity contribution in [3.63, 3.8) is 0 Å². The lowest BCUT2D eigenvalue weighted by Crippen LogP contribution is -2.51. The lowest BCUT2D eigenvalue weighted by molar-refractivity contribution is -0.141. The summed E-state index contributed by atoms with van der Waals surface area (Å²) in [5.74, 6) is -0.951. The van der Waals surface area contributed by atoms with Gasteiger partial charge < -0.3 is 10.2 Å². The zero-order valence-electron chi connectivity index (χ0n) is 22.2. The molecule has 1 aliphatic carbocycles. The molecule has 1 N–H and O–H groups in total. The monoisotopic (exact) mass is 539 g/mol. The topological polar surface area (TPSA) is 104 Å². The van der Waals surface area contributed by atoms with Crippen molar-refractivity contribution in [2.75, 3.05) is 6.54 Å². The third-order valence-electron chi connectivity index (χ3n) is 7.47. The van der Waals surface area contributed by atoms with Gasteiger partial charge in [-0.15, -0.1) is 0 Å². The van der Waals surface area contributed by atoms with Crippen LogP contribution in [0, 0.1) is 6.92 Å². The fourth-order valence-electron chi connectivity index (χ4n) is 5.32. The van der Waals surface area contributed by atoms with E-state index in [-0.39, 0.29) is 54.2 Å². The number of aryl methyl sites for hydroxylation is 1. The van der Waals surface area contributed by atoms with Crippen LogP contribution in [0.5, 0.6) is 0 Å². The van der Waals surface area contributed by atoms with E-state index in [4.69, 9.17) is 0 Å². The van der Waals surface area contributed by atoms with Crippen LogP contribution in [-0.2, 0) is 26.2 Å². The maximum Gasteiger partial charge on any atom is 0.269 e. The smallest absolute Gasteiger partial charge is 0.269 e. The Bertz CT molecular complexity index is 1270. The predicted molar refractivity (Wildman–Crippen MR) is 145 cm³/mol. The van der Waals surface area contributed by atoms with Crippen molar-refractivity contribution in [2.24, 2.45) is 0 Å². The fraction of sp³-hybridized carbons (Fsp3) is 0.483. The van der Waals surface area contributed by atoms with E-state index in [1.54, 1.807) is 17.0 Å². The van der Waals surface area contributed by atoms with Gasteiger partial charge in [0, 0.05) is 25.6 Å². The van der Waals surface area contributed by atoms with E-state index in [9.17, 15) is 22.8 Å². The maximum absolute atomic E-state index is 13.5. The number of hydrogen-bond donors (Lipinski definition) is 1. The fourth-order valence-corrected chi connectivity index (χ4v) is 6.93. The van der Waals surface area contributed by atoms with E-state index in [0.29, 0.717) is 6.42 Å². The Morgan fingerprint density at radius 2 is 1.74 bits per heavy atom. The minimum Gasteiger partial charge on any atom is -0.352 e. The first-order valence-electron chi connectivity index (χ1n) is 13.5. The number of sulfonamides is 1. The van der Waals surface area contributed by atoms with Crippen molar-refractivity contribution in [3.8, 4) is 0 Å². The summed E-state index contributed by atoms with van der Waals surface area (Å²) >= 11 is 0. The Kier molecular flexibility index (Phi) is 8.87. The van der Waals surface area contributed by atoms with Crippen molar-refractivity contribution >= 4 is 27.7 Å². The van der Waals surface area contributed by atoms with Crippen molar-refractivity contribution in [1.82, 2.24) is 14.5 Å². The number of carbonyl (C=O) groups is 3. The van der Waals surface area contributed by atoms with Crippen LogP contribution in [0.25, 0.3) is 0 Å². The molecule has 8 nitrogen and oxygen atoms in total. The Morgan fingerprint density at radius 3 is 2.39 bits per heavy atom. The van der Waals surface area contributed by atoms with Gasteiger partial charge in [0.15, 0.2) is 0 Å². The summed E-state index contributed by atoms with van der Waals surface area (Å²) in [6, 6.07) is 13.5. The maximum atomic E-state index is 13.5. The van der Waals surface area contributed by atoms with Gasteiger partial charge in [-0.25, -0.2) is 12.7 Å². The molecule has 1 heterocycles. The van der Waals surface area contributed by atoms with Crippen LogP contribution in [0.15, 0.2) is 53.4 Å². The van der Waals surface area contributed by atoms with Gasteiger partial charge in [0.2, 0.25) is 11.8 Å². The predicted octanol–water partition coefficient (Wildman–Crippen LogP) is 4.18. The summed E-state index contributed by atoms with van der Waals surface area (Å²) < 4.78 is 26.6. The van der Waals surface area contributed by atoms with Gasteiger partial charge in [-0.1, -0.05) is 68.1 Å². The van der Waals surface area contributed by atoms with Crippen LogP contribution in [0.2, 0.25) is 0 Å². The van der Waals surface area contributed by atoms with Crippen molar-refractivity contribution < 1.29 is 22.8 Å². The highest BCUT2D eigenvalue weighted by Gasteiger charge is 2.40. The summed E-state index contributed by atoms with van der Waals surface area (Å²) in [4.78, 5) is 41.2. The Balaban J connectivity index is 1.46. The third kappa shape index (κ3) is 6.09. The minimum absolute atomic E-state index is 0.00255. The summed E-state index contributed by atoms with van der Waals surface area (Å²) in [6.07, 6.45) is 5.93. The highest BCUT2D eigenvalue weighted by Crippen LogP contribution is 2.30. The lowest BCUT2D eigenvalue weighted by atomic mass is 9.95. The lowest BCUT2D eigenvalue weighted by Gasteiger charge is -2.33. The molecule has 1 atom stereocenters. The molecule has 0 spiro atoms. The molecule has 0 bridgehead atoms. The molecule has 2 aromatic carbocycles. The number of amides is 3. The van der Waals surface area contributed by atoms with E-state index >= 15 is 0 Å². The first kappa shape index (κ1) is 27.8. The molecular formula is C29H37N3O5S. The van der Waals surface area contributed by atoms with E-state index in [2.05, 4.69) is 5.32 Å². The number of hydrogen-bond acceptors (Lipinski definition) is 5. The Morgan fingerprint density at radius 1 is 1.05 bits per heavy atom. The molecule has 204 valence electrons. The quantitative estimate of drug-likeness (QED) is 0.488. The van der Waals surface area contributed by atoms with E-state index in [0.717, 1.165) is 41.1 Å². The number of nitrogens with zero attached hydrogens (tertiary/aromatic N) is 2. The first-order chi connectivity index (χ1) is 18.2. The van der Waals surface area contributed by atoms with Crippen molar-refractivity contribution in [3.05, 3.63) is 65.2 Å². The summed E-state index contributed by atoms with van der Waals surface area (Å²) in [6.45, 7) is 4.07. The van der Waals surface area contributed by atoms with Crippen LogP contribution < -0.4 is 5.32 Å². The number of carbonyl (C=O) groups excluding carboxylic acids is 3. The molecule has 2 aliphatic rings. The molecule has 2 aromatic rings. The molecule has 38 heavy (non-hydrogen) atoms. The average Bonchev–Trinajstić information content (AvgIpc) is 3.10. The molecule has 1 saturated carbocycles. The molecule has 0 unspecified atom stereocenters. The molecular weight excluding hydrogens is 502 g/mol. The van der Waals surface area contributed by atoms with E-state index in [1.165, 1.54) is 18.6 Å². The highest BCUT2D eigenvalue weighted by molar-refractivity contribution is 7.90. The molecule has 9 heteroatoms. The normalized spacial score (nSPS) is 17.6. The molecule has 0 aromatic heterocycles. The van der Waals surface area contributed by atoms with Gasteiger partial charge in [0.25, 0.3) is 15.9 Å². The average molecular weight is 540 g/mol. The van der Waals surface area contributed by atoms with Crippen LogP contribution in [-0.4, -0.2) is 54.0 Å². The second-order valence-corrected chi connectivity index (χ2v) is 12.1. The SMILES string of the molecule is CC[C@@H](C(=O)NC1CCCCC1)N(Cc1ccc(C)cc1)C(=O)CCCN1C(=O)c2ccccc2S1(=O)=O. The zero-order valence-corrected chi connectivity index (χ0v) is 23.0. The summed E-state index contributed by atoms with van der Waals surface area (Å²) in [7, 11) is -3.92. The van der Waals surface area contributed by atoms with E-state index in [1.807, 2.05) is 38.1 Å². The molecule has 0 radical (unpaired) electrons. The highest BCUT2D eigenvalue weighted by atomic mass is 32.2. The van der Waals surface area contributed by atoms with Gasteiger partial charge in [-0.05, 0) is 50.3 Å². The first-order valence-corrected chi connectivity index (χ1v) is 15.0. The molecule has 1 aliphatic heterocycles. The van der Waals surface area contributed by atoms with Crippen LogP contribution >= 0.6 is 0 Å². The molecule has 4 rings (SSSR count). The number of nitrogens with one attached hydrogen (secondary N) is 1. The molecule has 0 saturated heterocycles. The summed E-state index contributed by atoms with van der Waals surface area (Å²) in [5, 5.41) is 3.16. The van der Waals surface area contributed by atoms with Gasteiger partial charge in [-0.3, -0.25) is 14.4 Å². The van der Waals surface area contributed by atoms with Gasteiger partial charge in [-0.2, -0.15) is 0 Å². The van der Waals surface area contributed by atoms with Gasteiger partial charge in [0.05, 0.1) is 5.56 Å². The van der Waals surface area contributed by atoms with Crippen LogP contribution in [0.3, 0.4) is 0 Å². The number of benzene rings is 2. The number of rotatable bonds is 10. The van der Waals surface area contributed by atoms with E-state index < -0.39 is 22.0 Å². The minimum atomic E-state index is -3.92. The van der Waals surface area contributed by atoms with Crippen LogP contribution in [0.1, 0.15) is 79.8 Å². The third-order valence-corrected chi connectivity index (χ3v) is 9.32.